The average Bonchev–Trinajstić information content (AvgIpc) is 3.09. The molecule has 24 heavy (non-hydrogen) atoms. The lowest BCUT2D eigenvalue weighted by Gasteiger charge is -2.26. The highest BCUT2D eigenvalue weighted by atomic mass is 16.5. The van der Waals surface area contributed by atoms with Crippen LogP contribution in [0.15, 0.2) is 22.8 Å². The van der Waals surface area contributed by atoms with Gasteiger partial charge in [-0.3, -0.25) is 9.59 Å². The molecule has 0 unspecified atom stereocenters. The standard InChI is InChI=1S/C17H24N2O5/c1-11-5-7-13(8-6-11)19-15(20)10-24-17(22)12(2)18-16(21)14-4-3-9-23-14/h3-4,9,11-13H,5-8,10H2,1-2H3,(H,18,21)(H,19,20)/t11?,12-,13?/m0/s1. The van der Waals surface area contributed by atoms with E-state index in [2.05, 4.69) is 17.6 Å². The molecule has 2 rings (SSSR count). The fraction of sp³-hybridized carbons (Fsp3) is 0.588. The number of hydrogen-bond acceptors (Lipinski definition) is 5. The zero-order valence-electron chi connectivity index (χ0n) is 14.0. The number of carbonyl (C=O) groups excluding carboxylic acids is 3. The van der Waals surface area contributed by atoms with E-state index in [1.54, 1.807) is 6.07 Å². The third-order valence-electron chi connectivity index (χ3n) is 4.17. The molecule has 1 atom stereocenters. The first kappa shape index (κ1) is 18.0. The van der Waals surface area contributed by atoms with Crippen LogP contribution in [0.2, 0.25) is 0 Å². The third kappa shape index (κ3) is 5.40. The van der Waals surface area contributed by atoms with Crippen molar-refractivity contribution in [1.29, 1.82) is 0 Å². The minimum atomic E-state index is -0.870. The van der Waals surface area contributed by atoms with Crippen molar-refractivity contribution in [1.82, 2.24) is 10.6 Å². The van der Waals surface area contributed by atoms with E-state index in [9.17, 15) is 14.4 Å². The number of ether oxygens (including phenoxy) is 1. The van der Waals surface area contributed by atoms with Crippen molar-refractivity contribution >= 4 is 17.8 Å². The van der Waals surface area contributed by atoms with Crippen molar-refractivity contribution in [2.24, 2.45) is 5.92 Å². The summed E-state index contributed by atoms with van der Waals surface area (Å²) in [6.45, 7) is 3.35. The minimum absolute atomic E-state index is 0.110. The van der Waals surface area contributed by atoms with Crippen molar-refractivity contribution in [2.45, 2.75) is 51.6 Å². The van der Waals surface area contributed by atoms with Crippen LogP contribution in [0.1, 0.15) is 50.1 Å². The van der Waals surface area contributed by atoms with Gasteiger partial charge >= 0.3 is 5.97 Å². The molecule has 1 heterocycles. The van der Waals surface area contributed by atoms with Gasteiger partial charge in [0.15, 0.2) is 12.4 Å². The van der Waals surface area contributed by atoms with Gasteiger partial charge in [0, 0.05) is 6.04 Å². The van der Waals surface area contributed by atoms with E-state index in [1.165, 1.54) is 19.3 Å². The van der Waals surface area contributed by atoms with E-state index in [0.717, 1.165) is 25.7 Å². The molecule has 1 saturated carbocycles. The molecule has 0 saturated heterocycles. The fourth-order valence-electron chi connectivity index (χ4n) is 2.67. The summed E-state index contributed by atoms with van der Waals surface area (Å²) in [6.07, 6.45) is 5.47. The second kappa shape index (κ2) is 8.52. The van der Waals surface area contributed by atoms with Crippen LogP contribution in [0.5, 0.6) is 0 Å². The predicted molar refractivity (Wildman–Crippen MR) is 86.2 cm³/mol. The van der Waals surface area contributed by atoms with E-state index in [4.69, 9.17) is 9.15 Å². The van der Waals surface area contributed by atoms with Gasteiger partial charge < -0.3 is 19.8 Å². The molecule has 0 aromatic carbocycles. The Labute approximate surface area is 141 Å². The highest BCUT2D eigenvalue weighted by Crippen LogP contribution is 2.23. The van der Waals surface area contributed by atoms with Gasteiger partial charge in [-0.25, -0.2) is 4.79 Å². The Kier molecular flexibility index (Phi) is 6.40. The van der Waals surface area contributed by atoms with Crippen molar-refractivity contribution in [3.8, 4) is 0 Å². The first-order valence-corrected chi connectivity index (χ1v) is 8.26. The smallest absolute Gasteiger partial charge is 0.328 e. The maximum absolute atomic E-state index is 11.8. The van der Waals surface area contributed by atoms with Crippen LogP contribution in [0.4, 0.5) is 0 Å². The van der Waals surface area contributed by atoms with Crippen LogP contribution in [0.25, 0.3) is 0 Å². The molecule has 2 amide bonds. The zero-order chi connectivity index (χ0) is 17.5. The number of furan rings is 1. The van der Waals surface area contributed by atoms with Crippen LogP contribution < -0.4 is 10.6 Å². The highest BCUT2D eigenvalue weighted by molar-refractivity contribution is 5.94. The molecular weight excluding hydrogens is 312 g/mol. The van der Waals surface area contributed by atoms with E-state index in [0.29, 0.717) is 5.92 Å². The van der Waals surface area contributed by atoms with Crippen LogP contribution in [-0.2, 0) is 14.3 Å². The Morgan fingerprint density at radius 3 is 2.62 bits per heavy atom. The summed E-state index contributed by atoms with van der Waals surface area (Å²) in [5.41, 5.74) is 0. The summed E-state index contributed by atoms with van der Waals surface area (Å²) >= 11 is 0. The Balaban J connectivity index is 1.68. The van der Waals surface area contributed by atoms with E-state index >= 15 is 0 Å². The molecule has 0 spiro atoms. The summed E-state index contributed by atoms with van der Waals surface area (Å²) < 4.78 is 9.89. The Morgan fingerprint density at radius 2 is 2.00 bits per heavy atom. The predicted octanol–water partition coefficient (Wildman–Crippen LogP) is 1.64. The monoisotopic (exact) mass is 336 g/mol. The van der Waals surface area contributed by atoms with Crippen molar-refractivity contribution in [3.63, 3.8) is 0 Å². The number of rotatable bonds is 6. The second-order valence-electron chi connectivity index (χ2n) is 6.30. The molecule has 7 nitrogen and oxygen atoms in total. The normalized spacial score (nSPS) is 21.6. The maximum atomic E-state index is 11.8. The maximum Gasteiger partial charge on any atom is 0.328 e. The number of carbonyl (C=O) groups is 3. The number of nitrogens with one attached hydrogen (secondary N) is 2. The molecule has 0 bridgehead atoms. The largest absolute Gasteiger partial charge is 0.459 e. The quantitative estimate of drug-likeness (QED) is 0.770. The number of esters is 1. The molecule has 0 radical (unpaired) electrons. The van der Waals surface area contributed by atoms with E-state index in [-0.39, 0.29) is 24.3 Å². The molecule has 1 aliphatic carbocycles. The summed E-state index contributed by atoms with van der Waals surface area (Å²) in [7, 11) is 0. The van der Waals surface area contributed by atoms with Gasteiger partial charge in [0.25, 0.3) is 11.8 Å². The van der Waals surface area contributed by atoms with E-state index in [1.807, 2.05) is 0 Å². The Hall–Kier alpha value is -2.31. The average molecular weight is 336 g/mol. The molecule has 1 fully saturated rings. The molecular formula is C17H24N2O5. The zero-order valence-corrected chi connectivity index (χ0v) is 14.0. The second-order valence-corrected chi connectivity index (χ2v) is 6.30. The Morgan fingerprint density at radius 1 is 1.29 bits per heavy atom. The summed E-state index contributed by atoms with van der Waals surface area (Å²) in [6, 6.07) is 2.36. The minimum Gasteiger partial charge on any atom is -0.459 e. The van der Waals surface area contributed by atoms with Gasteiger partial charge in [-0.1, -0.05) is 6.92 Å². The van der Waals surface area contributed by atoms with Crippen LogP contribution in [0.3, 0.4) is 0 Å². The topological polar surface area (TPSA) is 97.6 Å². The first-order chi connectivity index (χ1) is 11.5. The lowest BCUT2D eigenvalue weighted by atomic mass is 9.87. The van der Waals surface area contributed by atoms with Crippen LogP contribution in [-0.4, -0.2) is 36.5 Å². The molecule has 1 aromatic heterocycles. The number of amides is 2. The molecule has 132 valence electrons. The lowest BCUT2D eigenvalue weighted by Crippen LogP contribution is -2.43. The number of hydrogen-bond donors (Lipinski definition) is 2. The van der Waals surface area contributed by atoms with Gasteiger partial charge in [0.05, 0.1) is 6.26 Å². The summed E-state index contributed by atoms with van der Waals surface area (Å²) in [5.74, 6) is -0.673. The molecule has 0 aliphatic heterocycles. The molecule has 1 aromatic rings. The molecule has 7 heteroatoms. The first-order valence-electron chi connectivity index (χ1n) is 8.26. The fourth-order valence-corrected chi connectivity index (χ4v) is 2.67. The summed E-state index contributed by atoms with van der Waals surface area (Å²) in [4.78, 5) is 35.4. The van der Waals surface area contributed by atoms with Gasteiger partial charge in [-0.05, 0) is 50.7 Å². The van der Waals surface area contributed by atoms with Gasteiger partial charge in [0.2, 0.25) is 0 Å². The highest BCUT2D eigenvalue weighted by Gasteiger charge is 2.22. The van der Waals surface area contributed by atoms with Crippen LogP contribution >= 0.6 is 0 Å². The van der Waals surface area contributed by atoms with Gasteiger partial charge in [-0.2, -0.15) is 0 Å². The summed E-state index contributed by atoms with van der Waals surface area (Å²) in [5, 5.41) is 5.33. The van der Waals surface area contributed by atoms with Crippen molar-refractivity contribution in [3.05, 3.63) is 24.2 Å². The van der Waals surface area contributed by atoms with Crippen LogP contribution in [0, 0.1) is 5.92 Å². The Bertz CT molecular complexity index is 562. The van der Waals surface area contributed by atoms with Gasteiger partial charge in [0.1, 0.15) is 6.04 Å². The molecule has 2 N–H and O–H groups in total. The SMILES string of the molecule is CC1CCC(NC(=O)COC(=O)[C@H](C)NC(=O)c2ccco2)CC1. The van der Waals surface area contributed by atoms with Crippen molar-refractivity contribution < 1.29 is 23.5 Å². The van der Waals surface area contributed by atoms with Gasteiger partial charge in [-0.15, -0.1) is 0 Å². The molecule has 1 aliphatic rings. The third-order valence-corrected chi connectivity index (χ3v) is 4.17. The van der Waals surface area contributed by atoms with Crippen molar-refractivity contribution in [2.75, 3.05) is 6.61 Å². The van der Waals surface area contributed by atoms with E-state index < -0.39 is 17.9 Å². The lowest BCUT2D eigenvalue weighted by molar-refractivity contribution is -0.150.